The van der Waals surface area contributed by atoms with Crippen LogP contribution in [0.5, 0.6) is 0 Å². The first-order chi connectivity index (χ1) is 5.89. The Morgan fingerprint density at radius 2 is 1.15 bits per heavy atom. The minimum Gasteiger partial charge on any atom is -0.261 e. The second-order valence-electron chi connectivity index (χ2n) is 3.54. The summed E-state index contributed by atoms with van der Waals surface area (Å²) in [5.41, 5.74) is 0. The van der Waals surface area contributed by atoms with E-state index in [1.807, 2.05) is 0 Å². The zero-order chi connectivity index (χ0) is 10.6. The van der Waals surface area contributed by atoms with Gasteiger partial charge in [-0.3, -0.25) is 18.8 Å². The molecule has 0 atom stereocenters. The van der Waals surface area contributed by atoms with Gasteiger partial charge >= 0.3 is 0 Å². The molecule has 4 nitrogen and oxygen atoms in total. The summed E-state index contributed by atoms with van der Waals surface area (Å²) in [5, 5.41) is 0. The summed E-state index contributed by atoms with van der Waals surface area (Å²) < 4.78 is 11.4. The minimum absolute atomic E-state index is 0.863. The molecule has 0 heterocycles. The molecule has 0 unspecified atom stereocenters. The predicted molar refractivity (Wildman–Crippen MR) is 61.0 cm³/mol. The fraction of sp³-hybridized carbons (Fsp3) is 1.00. The van der Waals surface area contributed by atoms with Gasteiger partial charge in [-0.15, -0.1) is 0 Å². The first-order valence-corrected chi connectivity index (χ1v) is 6.11. The maximum atomic E-state index is 4.74. The maximum absolute atomic E-state index is 4.74. The molecule has 0 aromatic heterocycles. The lowest BCUT2D eigenvalue weighted by Gasteiger charge is -2.41. The van der Waals surface area contributed by atoms with E-state index in [1.165, 1.54) is 0 Å². The van der Waals surface area contributed by atoms with Crippen LogP contribution < -0.4 is 0 Å². The van der Waals surface area contributed by atoms with E-state index in [0.29, 0.717) is 0 Å². The monoisotopic (exact) mass is 206 g/mol. The molecule has 5 heteroatoms. The van der Waals surface area contributed by atoms with E-state index >= 15 is 0 Å². The first-order valence-electron chi connectivity index (χ1n) is 4.51. The van der Waals surface area contributed by atoms with E-state index < -0.39 is 7.51 Å². The van der Waals surface area contributed by atoms with Crippen LogP contribution >= 0.6 is 7.51 Å². The molecule has 0 fully saturated rings. The molecule has 13 heavy (non-hydrogen) atoms. The van der Waals surface area contributed by atoms with E-state index in [1.54, 1.807) is 0 Å². The van der Waals surface area contributed by atoms with Crippen molar-refractivity contribution in [2.45, 2.75) is 6.92 Å². The normalized spacial score (nSPS) is 13.1. The van der Waals surface area contributed by atoms with Crippen LogP contribution in [0.2, 0.25) is 0 Å². The van der Waals surface area contributed by atoms with Crippen molar-refractivity contribution in [3.05, 3.63) is 0 Å². The summed E-state index contributed by atoms with van der Waals surface area (Å²) in [4.78, 5) is 0. The van der Waals surface area contributed by atoms with Crippen LogP contribution in [-0.4, -0.2) is 62.8 Å². The molecule has 0 rings (SSSR count). The molecule has 0 radical (unpaired) electrons. The Balaban J connectivity index is 5.20. The molecule has 0 aliphatic heterocycles. The molecule has 0 saturated carbocycles. The summed E-state index contributed by atoms with van der Waals surface area (Å²) >= 11 is 0. The molecule has 0 aromatic carbocycles. The number of rotatable bonds is 4. The van der Waals surface area contributed by atoms with Crippen LogP contribution in [0.25, 0.3) is 0 Å². The van der Waals surface area contributed by atoms with Crippen LogP contribution in [0.15, 0.2) is 4.74 Å². The highest BCUT2D eigenvalue weighted by atomic mass is 31.2. The molecule has 0 bridgehead atoms. The van der Waals surface area contributed by atoms with Crippen LogP contribution in [0.4, 0.5) is 0 Å². The predicted octanol–water partition coefficient (Wildman–Crippen LogP) is 1.64. The summed E-state index contributed by atoms with van der Waals surface area (Å²) in [6.45, 7) is 2.95. The van der Waals surface area contributed by atoms with Gasteiger partial charge in [0.05, 0.1) is 0 Å². The van der Waals surface area contributed by atoms with Crippen LogP contribution in [0.3, 0.4) is 0 Å². The van der Waals surface area contributed by atoms with Gasteiger partial charge in [-0.05, 0) is 49.2 Å². The van der Waals surface area contributed by atoms with E-state index in [0.717, 1.165) is 6.54 Å². The van der Waals surface area contributed by atoms with E-state index in [2.05, 4.69) is 63.2 Å². The van der Waals surface area contributed by atoms with Crippen molar-refractivity contribution in [3.8, 4) is 0 Å². The highest BCUT2D eigenvalue weighted by Gasteiger charge is 2.27. The molecule has 0 saturated heterocycles. The first kappa shape index (κ1) is 13.1. The molecule has 80 valence electrons. The maximum Gasteiger partial charge on any atom is 0.166 e. The quantitative estimate of drug-likeness (QED) is 0.653. The topological polar surface area (TPSA) is 22.1 Å². The SMILES string of the molecule is CCN=P(N(C)C)(N(C)C)N(C)C. The lowest BCUT2D eigenvalue weighted by molar-refractivity contribution is 0.471. The van der Waals surface area contributed by atoms with Gasteiger partial charge in [0.25, 0.3) is 0 Å². The Morgan fingerprint density at radius 1 is 0.846 bits per heavy atom. The summed E-state index contributed by atoms with van der Waals surface area (Å²) in [6.07, 6.45) is 0. The van der Waals surface area contributed by atoms with Crippen LogP contribution in [0.1, 0.15) is 6.92 Å². The average molecular weight is 206 g/mol. The molecule has 0 N–H and O–H groups in total. The van der Waals surface area contributed by atoms with Gasteiger partial charge in [-0.2, -0.15) is 0 Å². The smallest absolute Gasteiger partial charge is 0.166 e. The van der Waals surface area contributed by atoms with E-state index in [9.17, 15) is 0 Å². The second-order valence-corrected chi connectivity index (χ2v) is 7.29. The fourth-order valence-corrected chi connectivity index (χ4v) is 4.93. The molecule has 0 spiro atoms. The van der Waals surface area contributed by atoms with Gasteiger partial charge in [0.1, 0.15) is 0 Å². The zero-order valence-electron chi connectivity index (χ0n) is 9.94. The third kappa shape index (κ3) is 2.53. The third-order valence-electron chi connectivity index (χ3n) is 1.94. The molecule has 0 aliphatic rings. The summed E-state index contributed by atoms with van der Waals surface area (Å²) in [5.74, 6) is 0. The van der Waals surface area contributed by atoms with Crippen molar-refractivity contribution in [2.24, 2.45) is 4.74 Å². The second kappa shape index (κ2) is 5.11. The van der Waals surface area contributed by atoms with Crippen molar-refractivity contribution >= 4 is 7.51 Å². The van der Waals surface area contributed by atoms with E-state index in [4.69, 9.17) is 4.74 Å². The highest BCUT2D eigenvalue weighted by Crippen LogP contribution is 2.54. The molecule has 0 aliphatic carbocycles. The highest BCUT2D eigenvalue weighted by molar-refractivity contribution is 7.59. The van der Waals surface area contributed by atoms with Crippen molar-refractivity contribution < 1.29 is 0 Å². The van der Waals surface area contributed by atoms with Crippen molar-refractivity contribution in [1.29, 1.82) is 0 Å². The van der Waals surface area contributed by atoms with Crippen molar-refractivity contribution in [1.82, 2.24) is 14.0 Å². The standard InChI is InChI=1S/C8H23N4P/c1-8-9-13(10(2)3,11(4)5)12(6)7/h8H2,1-7H3. The van der Waals surface area contributed by atoms with Gasteiger partial charge in [-0.25, -0.2) is 0 Å². The average Bonchev–Trinajstić information content (AvgIpc) is 1.97. The lowest BCUT2D eigenvalue weighted by atomic mass is 10.8. The number of hydrogen-bond acceptors (Lipinski definition) is 1. The van der Waals surface area contributed by atoms with Crippen molar-refractivity contribution in [3.63, 3.8) is 0 Å². The lowest BCUT2D eigenvalue weighted by Crippen LogP contribution is -2.30. The Labute approximate surface area is 82.7 Å². The Morgan fingerprint density at radius 3 is 1.23 bits per heavy atom. The van der Waals surface area contributed by atoms with Crippen LogP contribution in [-0.2, 0) is 0 Å². The minimum atomic E-state index is -1.59. The molecule has 0 amide bonds. The van der Waals surface area contributed by atoms with Gasteiger partial charge in [0.2, 0.25) is 0 Å². The van der Waals surface area contributed by atoms with Gasteiger partial charge < -0.3 is 0 Å². The largest absolute Gasteiger partial charge is 0.261 e. The Hall–Kier alpha value is 0.110. The Bertz CT molecular complexity index is 170. The van der Waals surface area contributed by atoms with E-state index in [-0.39, 0.29) is 0 Å². The van der Waals surface area contributed by atoms with Gasteiger partial charge in [-0.1, -0.05) is 0 Å². The zero-order valence-corrected chi connectivity index (χ0v) is 10.8. The fourth-order valence-electron chi connectivity index (χ4n) is 1.64. The van der Waals surface area contributed by atoms with Crippen LogP contribution in [0, 0.1) is 0 Å². The molecular weight excluding hydrogens is 183 g/mol. The van der Waals surface area contributed by atoms with Crippen molar-refractivity contribution in [2.75, 3.05) is 48.8 Å². The summed E-state index contributed by atoms with van der Waals surface area (Å²) in [6, 6.07) is 0. The number of nitrogens with zero attached hydrogens (tertiary/aromatic N) is 4. The molecular formula is C8H23N4P. The summed E-state index contributed by atoms with van der Waals surface area (Å²) in [7, 11) is 11.0. The number of hydrogen-bond donors (Lipinski definition) is 0. The molecule has 0 aromatic rings. The third-order valence-corrected chi connectivity index (χ3v) is 5.82. The van der Waals surface area contributed by atoms with Gasteiger partial charge in [0.15, 0.2) is 7.51 Å². The van der Waals surface area contributed by atoms with Gasteiger partial charge in [0, 0.05) is 6.54 Å². The Kier molecular flexibility index (Phi) is 5.15.